The van der Waals surface area contributed by atoms with Crippen LogP contribution in [-0.4, -0.2) is 36.8 Å². The Morgan fingerprint density at radius 3 is 2.47 bits per heavy atom. The standard InChI is InChI=1S/C28H32N2O5.ClH/c1-28(2,15-19-9-11-21(33-3)12-10-19)29-16-25(31)23-13-22(34-17-20-7-5-4-6-8-20)14-24-27(23)35-18-26(32)30-24;/h4-14,25,29,31H,15-18H2,1-3H3,(H,30,32);1H/t25-;/m0./s1. The molecule has 3 aromatic rings. The molecule has 1 heterocycles. The molecule has 36 heavy (non-hydrogen) atoms. The average Bonchev–Trinajstić information content (AvgIpc) is 2.86. The fraction of sp³-hybridized carbons (Fsp3) is 0.321. The number of anilines is 1. The van der Waals surface area contributed by atoms with Crippen LogP contribution >= 0.6 is 12.4 Å². The van der Waals surface area contributed by atoms with Gasteiger partial charge in [0.05, 0.1) is 18.9 Å². The number of aliphatic hydroxyl groups excluding tert-OH is 1. The zero-order valence-corrected chi connectivity index (χ0v) is 21.6. The molecule has 3 aromatic carbocycles. The van der Waals surface area contributed by atoms with Crippen molar-refractivity contribution in [3.05, 3.63) is 83.4 Å². The SMILES string of the molecule is COc1ccc(CC(C)(C)NC[C@H](O)c2cc(OCc3ccccc3)cc3c2OCC(=O)N3)cc1.Cl. The second kappa shape index (κ2) is 12.1. The molecule has 8 heteroatoms. The number of β-amino-alcohol motifs (C(OH)–C–C–N with tert-alkyl or cyclic N) is 1. The van der Waals surface area contributed by atoms with Crippen molar-refractivity contribution < 1.29 is 24.1 Å². The van der Waals surface area contributed by atoms with Crippen LogP contribution in [0.4, 0.5) is 5.69 Å². The second-order valence-corrected chi connectivity index (χ2v) is 9.31. The highest BCUT2D eigenvalue weighted by atomic mass is 35.5. The number of nitrogens with one attached hydrogen (secondary N) is 2. The molecule has 0 aromatic heterocycles. The number of benzene rings is 3. The van der Waals surface area contributed by atoms with Gasteiger partial charge >= 0.3 is 0 Å². The highest BCUT2D eigenvalue weighted by molar-refractivity contribution is 5.96. The van der Waals surface area contributed by atoms with Crippen molar-refractivity contribution in [3.63, 3.8) is 0 Å². The van der Waals surface area contributed by atoms with E-state index in [1.807, 2.05) is 54.6 Å². The van der Waals surface area contributed by atoms with E-state index in [2.05, 4.69) is 24.5 Å². The van der Waals surface area contributed by atoms with E-state index in [4.69, 9.17) is 14.2 Å². The summed E-state index contributed by atoms with van der Waals surface area (Å²) in [4.78, 5) is 11.9. The van der Waals surface area contributed by atoms with Gasteiger partial charge in [-0.25, -0.2) is 0 Å². The molecule has 3 N–H and O–H groups in total. The molecular formula is C28H33ClN2O5. The molecule has 1 atom stereocenters. The minimum absolute atomic E-state index is 0. The van der Waals surface area contributed by atoms with E-state index >= 15 is 0 Å². The zero-order chi connectivity index (χ0) is 24.8. The molecule has 4 rings (SSSR count). The number of amides is 1. The van der Waals surface area contributed by atoms with E-state index in [1.54, 1.807) is 19.2 Å². The van der Waals surface area contributed by atoms with Gasteiger partial charge in [0.15, 0.2) is 6.61 Å². The van der Waals surface area contributed by atoms with Crippen LogP contribution in [0.15, 0.2) is 66.7 Å². The summed E-state index contributed by atoms with van der Waals surface area (Å²) in [5.41, 5.74) is 2.98. The largest absolute Gasteiger partial charge is 0.497 e. The van der Waals surface area contributed by atoms with Crippen LogP contribution in [0, 0.1) is 0 Å². The van der Waals surface area contributed by atoms with Crippen LogP contribution in [0.1, 0.15) is 36.6 Å². The average molecular weight is 513 g/mol. The van der Waals surface area contributed by atoms with E-state index in [-0.39, 0.29) is 30.5 Å². The molecule has 192 valence electrons. The van der Waals surface area contributed by atoms with Gasteiger partial charge in [0.25, 0.3) is 5.91 Å². The van der Waals surface area contributed by atoms with Crippen molar-refractivity contribution in [1.82, 2.24) is 5.32 Å². The molecule has 0 bridgehead atoms. The predicted octanol–water partition coefficient (Wildman–Crippen LogP) is 4.67. The van der Waals surface area contributed by atoms with Gasteiger partial charge in [-0.15, -0.1) is 12.4 Å². The molecule has 1 aliphatic heterocycles. The Balaban J connectivity index is 0.00000361. The maximum Gasteiger partial charge on any atom is 0.262 e. The third-order valence-electron chi connectivity index (χ3n) is 5.90. The monoisotopic (exact) mass is 512 g/mol. The van der Waals surface area contributed by atoms with Crippen molar-refractivity contribution in [1.29, 1.82) is 0 Å². The minimum atomic E-state index is -0.867. The molecule has 7 nitrogen and oxygen atoms in total. The molecule has 0 saturated heterocycles. The maximum absolute atomic E-state index is 11.9. The quantitative estimate of drug-likeness (QED) is 0.366. The van der Waals surface area contributed by atoms with Crippen LogP contribution in [0.25, 0.3) is 0 Å². The number of carbonyl (C=O) groups is 1. The molecule has 0 spiro atoms. The van der Waals surface area contributed by atoms with Crippen molar-refractivity contribution in [2.24, 2.45) is 0 Å². The minimum Gasteiger partial charge on any atom is -0.497 e. The Labute approximate surface area is 218 Å². The first-order chi connectivity index (χ1) is 16.8. The highest BCUT2D eigenvalue weighted by Crippen LogP contribution is 2.39. The normalized spacial score (nSPS) is 13.5. The summed E-state index contributed by atoms with van der Waals surface area (Å²) < 4.78 is 16.9. The lowest BCUT2D eigenvalue weighted by molar-refractivity contribution is -0.118. The third kappa shape index (κ3) is 7.13. The third-order valence-corrected chi connectivity index (χ3v) is 5.90. The van der Waals surface area contributed by atoms with Crippen LogP contribution < -0.4 is 24.8 Å². The number of ether oxygens (including phenoxy) is 3. The Bertz CT molecular complexity index is 1150. The number of fused-ring (bicyclic) bond motifs is 1. The van der Waals surface area contributed by atoms with E-state index < -0.39 is 6.10 Å². The van der Waals surface area contributed by atoms with Crippen molar-refractivity contribution >= 4 is 24.0 Å². The molecule has 0 unspecified atom stereocenters. The zero-order valence-electron chi connectivity index (χ0n) is 20.7. The van der Waals surface area contributed by atoms with Gasteiger partial charge in [0, 0.05) is 23.7 Å². The fourth-order valence-electron chi connectivity index (χ4n) is 4.07. The summed E-state index contributed by atoms with van der Waals surface area (Å²) in [6.45, 7) is 4.77. The summed E-state index contributed by atoms with van der Waals surface area (Å²) in [6, 6.07) is 21.3. The lowest BCUT2D eigenvalue weighted by atomic mass is 9.94. The van der Waals surface area contributed by atoms with Crippen LogP contribution in [-0.2, 0) is 17.8 Å². The van der Waals surface area contributed by atoms with Crippen molar-refractivity contribution in [3.8, 4) is 17.2 Å². The Morgan fingerprint density at radius 2 is 1.78 bits per heavy atom. The molecule has 0 aliphatic carbocycles. The van der Waals surface area contributed by atoms with Crippen molar-refractivity contribution in [2.75, 3.05) is 25.6 Å². The molecule has 1 amide bonds. The number of carbonyl (C=O) groups excluding carboxylic acids is 1. The topological polar surface area (TPSA) is 89.1 Å². The second-order valence-electron chi connectivity index (χ2n) is 9.31. The number of halogens is 1. The van der Waals surface area contributed by atoms with Gasteiger partial charge in [-0.3, -0.25) is 4.79 Å². The predicted molar refractivity (Wildman–Crippen MR) is 142 cm³/mol. The van der Waals surface area contributed by atoms with Gasteiger partial charge in [0.2, 0.25) is 0 Å². The van der Waals surface area contributed by atoms with Gasteiger partial charge in [-0.1, -0.05) is 42.5 Å². The fourth-order valence-corrected chi connectivity index (χ4v) is 4.07. The Morgan fingerprint density at radius 1 is 1.06 bits per heavy atom. The van der Waals surface area contributed by atoms with Crippen molar-refractivity contribution in [2.45, 2.75) is 38.5 Å². The summed E-state index contributed by atoms with van der Waals surface area (Å²) in [5, 5.41) is 17.4. The summed E-state index contributed by atoms with van der Waals surface area (Å²) in [5.74, 6) is 1.60. The number of hydrogen-bond donors (Lipinski definition) is 3. The molecular weight excluding hydrogens is 480 g/mol. The smallest absolute Gasteiger partial charge is 0.262 e. The number of rotatable bonds is 10. The van der Waals surface area contributed by atoms with Gasteiger partial charge < -0.3 is 30.0 Å². The van der Waals surface area contributed by atoms with Crippen LogP contribution in [0.5, 0.6) is 17.2 Å². The van der Waals surface area contributed by atoms with Gasteiger partial charge in [0.1, 0.15) is 23.9 Å². The van der Waals surface area contributed by atoms with E-state index in [9.17, 15) is 9.90 Å². The lowest BCUT2D eigenvalue weighted by Gasteiger charge is -2.29. The Kier molecular flexibility index (Phi) is 9.20. The van der Waals surface area contributed by atoms with Gasteiger partial charge in [-0.05, 0) is 49.6 Å². The number of aliphatic hydroxyl groups is 1. The van der Waals surface area contributed by atoms with Crippen LogP contribution in [0.3, 0.4) is 0 Å². The first kappa shape index (κ1) is 27.3. The molecule has 0 saturated carbocycles. The molecule has 0 fully saturated rings. The summed E-state index contributed by atoms with van der Waals surface area (Å²) in [6.07, 6.45) is -0.0941. The lowest BCUT2D eigenvalue weighted by Crippen LogP contribution is -2.43. The van der Waals surface area contributed by atoms with E-state index in [0.29, 0.717) is 35.9 Å². The molecule has 1 aliphatic rings. The maximum atomic E-state index is 11.9. The summed E-state index contributed by atoms with van der Waals surface area (Å²) in [7, 11) is 1.65. The Hall–Kier alpha value is -3.26. The van der Waals surface area contributed by atoms with Gasteiger partial charge in [-0.2, -0.15) is 0 Å². The summed E-state index contributed by atoms with van der Waals surface area (Å²) >= 11 is 0. The van der Waals surface area contributed by atoms with E-state index in [1.165, 1.54) is 0 Å². The number of hydrogen-bond acceptors (Lipinski definition) is 6. The van der Waals surface area contributed by atoms with Crippen LogP contribution in [0.2, 0.25) is 0 Å². The highest BCUT2D eigenvalue weighted by Gasteiger charge is 2.26. The first-order valence-electron chi connectivity index (χ1n) is 11.7. The van der Waals surface area contributed by atoms with E-state index in [0.717, 1.165) is 23.3 Å². The number of methoxy groups -OCH3 is 1. The first-order valence-corrected chi connectivity index (χ1v) is 11.7. The molecule has 0 radical (unpaired) electrons.